The summed E-state index contributed by atoms with van der Waals surface area (Å²) in [4.78, 5) is 19.9. The standard InChI is InChI=1S/C24H31N5OS/c1-16-13-27(4)20-8-6-5-7-19(20)14-29(16)23-22-17(2)18(3)31-24(22)26-21(25-23)15-28-9-11-30-12-10-28/h5-8,16H,9-15H2,1-4H3. The molecule has 0 radical (unpaired) electrons. The first-order valence-electron chi connectivity index (χ1n) is 11.1. The van der Waals surface area contributed by atoms with Crippen LogP contribution in [-0.2, 0) is 17.8 Å². The second kappa shape index (κ2) is 8.37. The minimum atomic E-state index is 0.339. The minimum Gasteiger partial charge on any atom is -0.379 e. The number of ether oxygens (including phenoxy) is 1. The molecular formula is C24H31N5OS. The lowest BCUT2D eigenvalue weighted by Crippen LogP contribution is -2.39. The zero-order valence-corrected chi connectivity index (χ0v) is 19.7. The molecule has 1 fully saturated rings. The van der Waals surface area contributed by atoms with E-state index in [2.05, 4.69) is 66.8 Å². The number of hydrogen-bond donors (Lipinski definition) is 0. The predicted molar refractivity (Wildman–Crippen MR) is 128 cm³/mol. The Labute approximate surface area is 188 Å². The van der Waals surface area contributed by atoms with Gasteiger partial charge in [-0.3, -0.25) is 4.90 Å². The summed E-state index contributed by atoms with van der Waals surface area (Å²) in [7, 11) is 2.19. The normalized spacial score (nSPS) is 20.2. The van der Waals surface area contributed by atoms with Gasteiger partial charge in [-0.2, -0.15) is 0 Å². The topological polar surface area (TPSA) is 44.7 Å². The molecule has 6 nitrogen and oxygen atoms in total. The van der Waals surface area contributed by atoms with Crippen LogP contribution in [0.3, 0.4) is 0 Å². The fourth-order valence-electron chi connectivity index (χ4n) is 4.74. The fourth-order valence-corrected chi connectivity index (χ4v) is 5.79. The van der Waals surface area contributed by atoms with E-state index in [1.54, 1.807) is 11.3 Å². The molecule has 2 aromatic heterocycles. The van der Waals surface area contributed by atoms with Crippen LogP contribution in [-0.4, -0.2) is 60.8 Å². The van der Waals surface area contributed by atoms with Crippen molar-refractivity contribution in [1.82, 2.24) is 14.9 Å². The quantitative estimate of drug-likeness (QED) is 0.618. The number of aryl methyl sites for hydroxylation is 2. The van der Waals surface area contributed by atoms with Crippen LogP contribution >= 0.6 is 11.3 Å². The van der Waals surface area contributed by atoms with E-state index in [1.165, 1.54) is 27.1 Å². The lowest BCUT2D eigenvalue weighted by Gasteiger charge is -2.31. The van der Waals surface area contributed by atoms with E-state index < -0.39 is 0 Å². The lowest BCUT2D eigenvalue weighted by molar-refractivity contribution is 0.0331. The van der Waals surface area contributed by atoms with Gasteiger partial charge in [0.25, 0.3) is 0 Å². The molecule has 1 saturated heterocycles. The second-order valence-corrected chi connectivity index (χ2v) is 10.0. The molecule has 1 aromatic carbocycles. The summed E-state index contributed by atoms with van der Waals surface area (Å²) in [6.07, 6.45) is 0. The molecule has 1 atom stereocenters. The van der Waals surface area contributed by atoms with Crippen molar-refractivity contribution in [2.75, 3.05) is 49.7 Å². The maximum atomic E-state index is 5.52. The molecule has 2 aliphatic heterocycles. The second-order valence-electron chi connectivity index (χ2n) is 8.80. The highest BCUT2D eigenvalue weighted by atomic mass is 32.1. The number of nitrogens with zero attached hydrogens (tertiary/aromatic N) is 5. The number of benzene rings is 1. The van der Waals surface area contributed by atoms with Crippen LogP contribution in [0.2, 0.25) is 0 Å². The van der Waals surface area contributed by atoms with Gasteiger partial charge in [0.05, 0.1) is 25.1 Å². The smallest absolute Gasteiger partial charge is 0.146 e. The first-order chi connectivity index (χ1) is 15.0. The first kappa shape index (κ1) is 20.7. The van der Waals surface area contributed by atoms with Gasteiger partial charge in [-0.25, -0.2) is 9.97 Å². The third kappa shape index (κ3) is 3.90. The number of aromatic nitrogens is 2. The molecule has 0 aliphatic carbocycles. The molecule has 4 heterocycles. The summed E-state index contributed by atoms with van der Waals surface area (Å²) in [5, 5.41) is 1.22. The van der Waals surface area contributed by atoms with Gasteiger partial charge in [0.1, 0.15) is 16.5 Å². The average Bonchev–Trinajstić information content (AvgIpc) is 2.98. The summed E-state index contributed by atoms with van der Waals surface area (Å²) in [5.41, 5.74) is 3.97. The highest BCUT2D eigenvalue weighted by molar-refractivity contribution is 7.18. The Morgan fingerprint density at radius 3 is 2.71 bits per heavy atom. The van der Waals surface area contributed by atoms with Crippen molar-refractivity contribution in [3.63, 3.8) is 0 Å². The highest BCUT2D eigenvalue weighted by Crippen LogP contribution is 2.38. The largest absolute Gasteiger partial charge is 0.379 e. The molecule has 164 valence electrons. The number of anilines is 2. The van der Waals surface area contributed by atoms with E-state index in [0.717, 1.165) is 62.4 Å². The van der Waals surface area contributed by atoms with E-state index in [0.29, 0.717) is 6.04 Å². The summed E-state index contributed by atoms with van der Waals surface area (Å²) >= 11 is 1.79. The number of thiophene rings is 1. The van der Waals surface area contributed by atoms with E-state index in [-0.39, 0.29) is 0 Å². The monoisotopic (exact) mass is 437 g/mol. The van der Waals surface area contributed by atoms with Gasteiger partial charge in [-0.1, -0.05) is 18.2 Å². The maximum absolute atomic E-state index is 5.52. The summed E-state index contributed by atoms with van der Waals surface area (Å²) in [6, 6.07) is 9.08. The fraction of sp³-hybridized carbons (Fsp3) is 0.500. The van der Waals surface area contributed by atoms with Crippen LogP contribution in [0.15, 0.2) is 24.3 Å². The van der Waals surface area contributed by atoms with Gasteiger partial charge in [0, 0.05) is 49.8 Å². The van der Waals surface area contributed by atoms with Crippen LogP contribution in [0.1, 0.15) is 28.8 Å². The van der Waals surface area contributed by atoms with Crippen LogP contribution in [0.25, 0.3) is 10.2 Å². The number of hydrogen-bond acceptors (Lipinski definition) is 7. The summed E-state index contributed by atoms with van der Waals surface area (Å²) in [6.45, 7) is 12.8. The molecule has 0 N–H and O–H groups in total. The minimum absolute atomic E-state index is 0.339. The third-order valence-electron chi connectivity index (χ3n) is 6.61. The Bertz CT molecular complexity index is 1090. The number of likely N-dealkylation sites (N-methyl/N-ethyl adjacent to an activating group) is 1. The zero-order valence-electron chi connectivity index (χ0n) is 18.9. The van der Waals surface area contributed by atoms with Gasteiger partial charge >= 0.3 is 0 Å². The molecular weight excluding hydrogens is 406 g/mol. The zero-order chi connectivity index (χ0) is 21.5. The lowest BCUT2D eigenvalue weighted by atomic mass is 10.1. The Balaban J connectivity index is 1.60. The van der Waals surface area contributed by atoms with Gasteiger partial charge in [-0.05, 0) is 38.0 Å². The Kier molecular flexibility index (Phi) is 5.58. The van der Waals surface area contributed by atoms with Crippen LogP contribution in [0.5, 0.6) is 0 Å². The van der Waals surface area contributed by atoms with E-state index >= 15 is 0 Å². The van der Waals surface area contributed by atoms with Crippen molar-refractivity contribution in [1.29, 1.82) is 0 Å². The number of fused-ring (bicyclic) bond motifs is 2. The van der Waals surface area contributed by atoms with Crippen molar-refractivity contribution in [3.8, 4) is 0 Å². The number of rotatable bonds is 3. The molecule has 3 aromatic rings. The van der Waals surface area contributed by atoms with Crippen LogP contribution in [0, 0.1) is 13.8 Å². The van der Waals surface area contributed by atoms with Crippen molar-refractivity contribution >= 4 is 33.1 Å². The number of para-hydroxylation sites is 1. The molecule has 5 rings (SSSR count). The molecule has 0 bridgehead atoms. The van der Waals surface area contributed by atoms with E-state index in [1.807, 2.05) is 0 Å². The third-order valence-corrected chi connectivity index (χ3v) is 7.71. The molecule has 7 heteroatoms. The predicted octanol–water partition coefficient (Wildman–Crippen LogP) is 3.99. The average molecular weight is 438 g/mol. The highest BCUT2D eigenvalue weighted by Gasteiger charge is 2.28. The van der Waals surface area contributed by atoms with E-state index in [4.69, 9.17) is 14.7 Å². The van der Waals surface area contributed by atoms with Crippen molar-refractivity contribution in [2.45, 2.75) is 39.9 Å². The first-order valence-corrected chi connectivity index (χ1v) is 12.0. The Morgan fingerprint density at radius 2 is 1.90 bits per heavy atom. The maximum Gasteiger partial charge on any atom is 0.146 e. The molecule has 0 saturated carbocycles. The SMILES string of the molecule is Cc1sc2nc(CN3CCOCC3)nc(N3Cc4ccccc4N(C)CC3C)c2c1C. The summed E-state index contributed by atoms with van der Waals surface area (Å²) in [5.74, 6) is 2.01. The molecule has 2 aliphatic rings. The Hall–Kier alpha value is -2.22. The van der Waals surface area contributed by atoms with Gasteiger partial charge < -0.3 is 14.5 Å². The van der Waals surface area contributed by atoms with Crippen molar-refractivity contribution in [3.05, 3.63) is 46.1 Å². The Morgan fingerprint density at radius 1 is 1.13 bits per heavy atom. The number of morpholine rings is 1. The summed E-state index contributed by atoms with van der Waals surface area (Å²) < 4.78 is 5.52. The van der Waals surface area contributed by atoms with Gasteiger partial charge in [0.15, 0.2) is 0 Å². The van der Waals surface area contributed by atoms with Gasteiger partial charge in [-0.15, -0.1) is 11.3 Å². The van der Waals surface area contributed by atoms with Crippen molar-refractivity contribution in [2.24, 2.45) is 0 Å². The van der Waals surface area contributed by atoms with Crippen LogP contribution < -0.4 is 9.80 Å². The van der Waals surface area contributed by atoms with E-state index in [9.17, 15) is 0 Å². The molecule has 31 heavy (non-hydrogen) atoms. The molecule has 0 amide bonds. The van der Waals surface area contributed by atoms with Crippen LogP contribution in [0.4, 0.5) is 11.5 Å². The molecule has 0 spiro atoms. The molecule has 1 unspecified atom stereocenters. The van der Waals surface area contributed by atoms with Crippen molar-refractivity contribution < 1.29 is 4.74 Å². The van der Waals surface area contributed by atoms with Gasteiger partial charge in [0.2, 0.25) is 0 Å².